The monoisotopic (exact) mass is 393 g/mol. The number of ether oxygens (including phenoxy) is 1. The van der Waals surface area contributed by atoms with Crippen molar-refractivity contribution in [3.63, 3.8) is 0 Å². The highest BCUT2D eigenvalue weighted by molar-refractivity contribution is 6.36. The molecule has 6 nitrogen and oxygen atoms in total. The van der Waals surface area contributed by atoms with Crippen molar-refractivity contribution in [1.82, 2.24) is 5.43 Å². The molecule has 0 aliphatic heterocycles. The van der Waals surface area contributed by atoms with Crippen molar-refractivity contribution in [2.75, 3.05) is 12.4 Å². The van der Waals surface area contributed by atoms with Gasteiger partial charge in [0.1, 0.15) is 5.75 Å². The van der Waals surface area contributed by atoms with Crippen LogP contribution < -0.4 is 15.5 Å². The molecule has 0 saturated carbocycles. The van der Waals surface area contributed by atoms with Crippen molar-refractivity contribution in [2.24, 2.45) is 5.10 Å². The van der Waals surface area contributed by atoms with E-state index in [9.17, 15) is 9.59 Å². The molecule has 0 aliphatic carbocycles. The summed E-state index contributed by atoms with van der Waals surface area (Å²) in [5.74, 6) is -0.0135. The van der Waals surface area contributed by atoms with Crippen LogP contribution in [0.3, 0.4) is 0 Å². The van der Waals surface area contributed by atoms with Crippen molar-refractivity contribution in [3.8, 4) is 5.75 Å². The summed E-state index contributed by atoms with van der Waals surface area (Å²) in [6.07, 6.45) is 1.49. The van der Waals surface area contributed by atoms with Crippen molar-refractivity contribution < 1.29 is 14.3 Å². The molecule has 0 saturated heterocycles. The number of carbonyl (C=O) groups is 2. The predicted molar refractivity (Wildman–Crippen MR) is 103 cm³/mol. The average Bonchev–Trinajstić information content (AvgIpc) is 2.62. The second-order valence-corrected chi connectivity index (χ2v) is 6.09. The fraction of sp³-hybridized carbons (Fsp3) is 0.167. The first-order chi connectivity index (χ1) is 12.5. The van der Waals surface area contributed by atoms with Crippen molar-refractivity contribution in [1.29, 1.82) is 0 Å². The molecule has 0 spiro atoms. The first-order valence-electron chi connectivity index (χ1n) is 7.69. The molecule has 0 aromatic heterocycles. The summed E-state index contributed by atoms with van der Waals surface area (Å²) in [4.78, 5) is 23.6. The van der Waals surface area contributed by atoms with Gasteiger partial charge in [0.25, 0.3) is 0 Å². The highest BCUT2D eigenvalue weighted by Gasteiger charge is 2.09. The number of anilines is 1. The van der Waals surface area contributed by atoms with E-state index in [2.05, 4.69) is 15.8 Å². The smallest absolute Gasteiger partial charge is 0.240 e. The maximum absolute atomic E-state index is 11.9. The maximum Gasteiger partial charge on any atom is 0.240 e. The number of carbonyl (C=O) groups excluding carboxylic acids is 2. The first kappa shape index (κ1) is 19.8. The van der Waals surface area contributed by atoms with Gasteiger partial charge < -0.3 is 10.1 Å². The molecule has 0 unspecified atom stereocenters. The highest BCUT2D eigenvalue weighted by Crippen LogP contribution is 2.25. The molecule has 0 radical (unpaired) electrons. The van der Waals surface area contributed by atoms with Gasteiger partial charge in [-0.3, -0.25) is 9.59 Å². The molecule has 8 heteroatoms. The molecular weight excluding hydrogens is 377 g/mol. The molecule has 2 aromatic carbocycles. The molecule has 0 heterocycles. The van der Waals surface area contributed by atoms with Gasteiger partial charge in [-0.15, -0.1) is 0 Å². The van der Waals surface area contributed by atoms with Gasteiger partial charge in [-0.05, 0) is 35.9 Å². The van der Waals surface area contributed by atoms with Crippen LogP contribution in [0.4, 0.5) is 5.69 Å². The van der Waals surface area contributed by atoms with E-state index in [-0.39, 0.29) is 24.7 Å². The van der Waals surface area contributed by atoms with E-state index in [1.807, 2.05) is 18.2 Å². The normalized spacial score (nSPS) is 10.6. The average molecular weight is 394 g/mol. The molecule has 2 aromatic rings. The predicted octanol–water partition coefficient (Wildman–Crippen LogP) is 3.87. The van der Waals surface area contributed by atoms with Gasteiger partial charge in [0.15, 0.2) is 0 Å². The van der Waals surface area contributed by atoms with E-state index in [0.717, 1.165) is 5.56 Å². The lowest BCUT2D eigenvalue weighted by Gasteiger charge is -2.07. The number of rotatable bonds is 7. The van der Waals surface area contributed by atoms with Crippen molar-refractivity contribution in [2.45, 2.75) is 12.8 Å². The van der Waals surface area contributed by atoms with Gasteiger partial charge in [0, 0.05) is 17.9 Å². The Morgan fingerprint density at radius 1 is 1.12 bits per heavy atom. The van der Waals surface area contributed by atoms with Crippen LogP contribution in [-0.2, 0) is 9.59 Å². The fourth-order valence-corrected chi connectivity index (χ4v) is 2.44. The number of hydrogen-bond donors (Lipinski definition) is 2. The van der Waals surface area contributed by atoms with E-state index in [4.69, 9.17) is 27.9 Å². The Morgan fingerprint density at radius 3 is 2.62 bits per heavy atom. The lowest BCUT2D eigenvalue weighted by molar-refractivity contribution is -0.124. The Kier molecular flexibility index (Phi) is 7.44. The van der Waals surface area contributed by atoms with E-state index in [1.54, 1.807) is 25.3 Å². The topological polar surface area (TPSA) is 79.8 Å². The number of halogens is 2. The Morgan fingerprint density at radius 2 is 1.88 bits per heavy atom. The molecule has 136 valence electrons. The number of hydrazone groups is 1. The summed E-state index contributed by atoms with van der Waals surface area (Å²) in [6, 6.07) is 12.0. The third kappa shape index (κ3) is 6.38. The molecule has 2 amide bonds. The Balaban J connectivity index is 1.77. The summed E-state index contributed by atoms with van der Waals surface area (Å²) in [7, 11) is 1.57. The Bertz CT molecular complexity index is 825. The van der Waals surface area contributed by atoms with Crippen LogP contribution in [0.1, 0.15) is 18.4 Å². The first-order valence-corrected chi connectivity index (χ1v) is 8.44. The minimum Gasteiger partial charge on any atom is -0.497 e. The molecule has 2 N–H and O–H groups in total. The largest absolute Gasteiger partial charge is 0.497 e. The minimum absolute atomic E-state index is 0.000527. The Labute approximate surface area is 161 Å². The van der Waals surface area contributed by atoms with Gasteiger partial charge in [-0.1, -0.05) is 35.3 Å². The standard InChI is InChI=1S/C18H17Cl2N3O3/c1-26-14-4-2-3-12(9-14)11-21-23-18(25)8-7-17(24)22-16-6-5-13(19)10-15(16)20/h2-6,9-11H,7-8H2,1H3,(H,22,24)(H,23,25). The van der Waals surface area contributed by atoms with Crippen LogP contribution in [-0.4, -0.2) is 25.1 Å². The molecule has 0 atom stereocenters. The number of benzene rings is 2. The number of amides is 2. The second-order valence-electron chi connectivity index (χ2n) is 5.24. The number of nitrogens with one attached hydrogen (secondary N) is 2. The zero-order chi connectivity index (χ0) is 18.9. The lowest BCUT2D eigenvalue weighted by Crippen LogP contribution is -2.20. The van der Waals surface area contributed by atoms with Crippen molar-refractivity contribution in [3.05, 3.63) is 58.1 Å². The highest BCUT2D eigenvalue weighted by atomic mass is 35.5. The summed E-state index contributed by atoms with van der Waals surface area (Å²) >= 11 is 11.8. The maximum atomic E-state index is 11.9. The summed E-state index contributed by atoms with van der Waals surface area (Å²) in [5.41, 5.74) is 3.59. The lowest BCUT2D eigenvalue weighted by atomic mass is 10.2. The van der Waals surface area contributed by atoms with Crippen LogP contribution >= 0.6 is 23.2 Å². The zero-order valence-electron chi connectivity index (χ0n) is 14.0. The van der Waals surface area contributed by atoms with Gasteiger partial charge in [0.2, 0.25) is 11.8 Å². The third-order valence-electron chi connectivity index (χ3n) is 3.28. The van der Waals surface area contributed by atoms with Gasteiger partial charge in [0.05, 0.1) is 24.0 Å². The summed E-state index contributed by atoms with van der Waals surface area (Å²) in [5, 5.41) is 7.29. The van der Waals surface area contributed by atoms with Crippen LogP contribution in [0.15, 0.2) is 47.6 Å². The van der Waals surface area contributed by atoms with E-state index >= 15 is 0 Å². The van der Waals surface area contributed by atoms with Crippen LogP contribution in [0.5, 0.6) is 5.75 Å². The quantitative estimate of drug-likeness (QED) is 0.553. The van der Waals surface area contributed by atoms with Crippen LogP contribution in [0.2, 0.25) is 10.0 Å². The molecule has 0 fully saturated rings. The molecule has 0 aliphatic rings. The molecule has 2 rings (SSSR count). The number of methoxy groups -OCH3 is 1. The number of hydrogen-bond acceptors (Lipinski definition) is 4. The van der Waals surface area contributed by atoms with Crippen LogP contribution in [0.25, 0.3) is 0 Å². The molecular formula is C18H17Cl2N3O3. The second kappa shape index (κ2) is 9.79. The van der Waals surface area contributed by atoms with E-state index in [0.29, 0.717) is 21.5 Å². The van der Waals surface area contributed by atoms with Gasteiger partial charge in [-0.2, -0.15) is 5.10 Å². The summed E-state index contributed by atoms with van der Waals surface area (Å²) in [6.45, 7) is 0. The van der Waals surface area contributed by atoms with E-state index < -0.39 is 0 Å². The van der Waals surface area contributed by atoms with Crippen molar-refractivity contribution >= 4 is 46.9 Å². The van der Waals surface area contributed by atoms with Gasteiger partial charge >= 0.3 is 0 Å². The van der Waals surface area contributed by atoms with Gasteiger partial charge in [-0.25, -0.2) is 5.43 Å². The fourth-order valence-electron chi connectivity index (χ4n) is 1.99. The zero-order valence-corrected chi connectivity index (χ0v) is 15.5. The Hall–Kier alpha value is -2.57. The molecule has 0 bridgehead atoms. The molecule has 26 heavy (non-hydrogen) atoms. The van der Waals surface area contributed by atoms with E-state index in [1.165, 1.54) is 12.3 Å². The number of nitrogens with zero attached hydrogens (tertiary/aromatic N) is 1. The third-order valence-corrected chi connectivity index (χ3v) is 3.83. The van der Waals surface area contributed by atoms with Crippen LogP contribution in [0, 0.1) is 0 Å². The summed E-state index contributed by atoms with van der Waals surface area (Å²) < 4.78 is 5.10. The SMILES string of the molecule is COc1cccc(C=NNC(=O)CCC(=O)Nc2ccc(Cl)cc2Cl)c1. The minimum atomic E-state index is -0.374.